The summed E-state index contributed by atoms with van der Waals surface area (Å²) in [5.74, 6) is -0.853. The molecule has 1 unspecified atom stereocenters. The van der Waals surface area contributed by atoms with Crippen molar-refractivity contribution in [2.24, 2.45) is 0 Å². The molecule has 0 bridgehead atoms. The largest absolute Gasteiger partial charge is 0.416 e. The number of benzene rings is 1. The molecule has 0 spiro atoms. The fourth-order valence-electron chi connectivity index (χ4n) is 3.09. The first kappa shape index (κ1) is 17.6. The van der Waals surface area contributed by atoms with Crippen LogP contribution in [0.3, 0.4) is 0 Å². The van der Waals surface area contributed by atoms with E-state index in [4.69, 9.17) is 18.9 Å². The molecule has 2 saturated heterocycles. The Balaban J connectivity index is 1.80. The zero-order valence-electron chi connectivity index (χ0n) is 13.4. The predicted octanol–water partition coefficient (Wildman–Crippen LogP) is 2.63. The number of methoxy groups -OCH3 is 1. The van der Waals surface area contributed by atoms with E-state index in [1.54, 1.807) is 13.8 Å². The molecule has 5 nitrogen and oxygen atoms in total. The van der Waals surface area contributed by atoms with Crippen LogP contribution in [0.4, 0.5) is 13.2 Å². The van der Waals surface area contributed by atoms with Crippen molar-refractivity contribution in [2.75, 3.05) is 7.11 Å². The molecule has 0 amide bonds. The highest BCUT2D eigenvalue weighted by molar-refractivity contribution is 5.27. The molecular weight excluding hydrogens is 329 g/mol. The molecule has 5 atom stereocenters. The number of hydrogen-bond donors (Lipinski definition) is 1. The summed E-state index contributed by atoms with van der Waals surface area (Å²) in [5, 5.41) is 10.5. The Hall–Kier alpha value is -1.19. The number of aliphatic hydroxyl groups excluding tert-OH is 1. The van der Waals surface area contributed by atoms with Crippen LogP contribution >= 0.6 is 0 Å². The van der Waals surface area contributed by atoms with Gasteiger partial charge in [-0.25, -0.2) is 0 Å². The van der Waals surface area contributed by atoms with Gasteiger partial charge >= 0.3 is 6.18 Å². The Labute approximate surface area is 137 Å². The monoisotopic (exact) mass is 348 g/mol. The van der Waals surface area contributed by atoms with Crippen molar-refractivity contribution in [3.05, 3.63) is 35.4 Å². The topological polar surface area (TPSA) is 57.2 Å². The summed E-state index contributed by atoms with van der Waals surface area (Å²) in [4.78, 5) is 0. The summed E-state index contributed by atoms with van der Waals surface area (Å²) in [7, 11) is 1.45. The summed E-state index contributed by atoms with van der Waals surface area (Å²) in [6.07, 6.45) is -8.21. The second-order valence-corrected chi connectivity index (χ2v) is 6.33. The Kier molecular flexibility index (Phi) is 4.38. The number of ether oxygens (including phenoxy) is 4. The third-order valence-corrected chi connectivity index (χ3v) is 4.17. The predicted molar refractivity (Wildman–Crippen MR) is 75.9 cm³/mol. The quantitative estimate of drug-likeness (QED) is 0.910. The van der Waals surface area contributed by atoms with E-state index in [-0.39, 0.29) is 0 Å². The molecule has 1 aromatic carbocycles. The van der Waals surface area contributed by atoms with Gasteiger partial charge in [0, 0.05) is 7.11 Å². The van der Waals surface area contributed by atoms with E-state index in [0.29, 0.717) is 5.56 Å². The van der Waals surface area contributed by atoms with Crippen LogP contribution in [0.5, 0.6) is 0 Å². The lowest BCUT2D eigenvalue weighted by atomic mass is 9.98. The number of halogens is 3. The minimum absolute atomic E-state index is 0.303. The summed E-state index contributed by atoms with van der Waals surface area (Å²) in [6.45, 7) is 3.47. The van der Waals surface area contributed by atoms with Gasteiger partial charge in [-0.15, -0.1) is 0 Å². The molecule has 24 heavy (non-hydrogen) atoms. The Bertz CT molecular complexity index is 586. The summed E-state index contributed by atoms with van der Waals surface area (Å²) < 4.78 is 60.3. The van der Waals surface area contributed by atoms with Gasteiger partial charge in [0.15, 0.2) is 12.1 Å². The Morgan fingerprint density at radius 1 is 1.12 bits per heavy atom. The van der Waals surface area contributed by atoms with Crippen molar-refractivity contribution in [2.45, 2.75) is 56.5 Å². The second kappa shape index (κ2) is 5.96. The van der Waals surface area contributed by atoms with Crippen molar-refractivity contribution >= 4 is 0 Å². The van der Waals surface area contributed by atoms with Crippen molar-refractivity contribution in [1.29, 1.82) is 0 Å². The zero-order chi connectivity index (χ0) is 17.7. The molecule has 2 heterocycles. The second-order valence-electron chi connectivity index (χ2n) is 6.33. The first-order valence-corrected chi connectivity index (χ1v) is 7.51. The molecule has 8 heteroatoms. The van der Waals surface area contributed by atoms with E-state index < -0.39 is 48.2 Å². The zero-order valence-corrected chi connectivity index (χ0v) is 13.4. The van der Waals surface area contributed by atoms with Crippen LogP contribution in [0.1, 0.15) is 31.1 Å². The Morgan fingerprint density at radius 2 is 1.71 bits per heavy atom. The van der Waals surface area contributed by atoms with E-state index in [0.717, 1.165) is 12.1 Å². The molecule has 1 aromatic rings. The van der Waals surface area contributed by atoms with Crippen molar-refractivity contribution in [1.82, 2.24) is 0 Å². The lowest BCUT2D eigenvalue weighted by Gasteiger charge is -2.26. The van der Waals surface area contributed by atoms with Crippen LogP contribution in [-0.2, 0) is 25.1 Å². The fraction of sp³-hybridized carbons (Fsp3) is 0.625. The number of rotatable bonds is 3. The standard InChI is InChI=1S/C16H19F3O5/c1-15(2)23-12-11(22-14(21-3)13(12)24-15)10(20)8-4-6-9(7-5-8)16(17,18)19/h4-7,10-14,20H,1-3H3/t10-,11+,12+,13+,14?/m0/s1. The van der Waals surface area contributed by atoms with Gasteiger partial charge in [-0.3, -0.25) is 0 Å². The summed E-state index contributed by atoms with van der Waals surface area (Å²) in [5.41, 5.74) is -0.475. The van der Waals surface area contributed by atoms with E-state index >= 15 is 0 Å². The number of hydrogen-bond acceptors (Lipinski definition) is 5. The maximum absolute atomic E-state index is 12.6. The van der Waals surface area contributed by atoms with E-state index in [1.165, 1.54) is 19.2 Å². The minimum atomic E-state index is -4.42. The molecule has 2 aliphatic heterocycles. The normalized spacial score (nSPS) is 33.5. The maximum atomic E-state index is 12.6. The molecule has 2 aliphatic rings. The fourth-order valence-corrected chi connectivity index (χ4v) is 3.09. The van der Waals surface area contributed by atoms with Gasteiger partial charge in [0.05, 0.1) is 5.56 Å². The van der Waals surface area contributed by atoms with Gasteiger partial charge in [-0.05, 0) is 31.5 Å². The molecule has 3 rings (SSSR count). The molecule has 134 valence electrons. The van der Waals surface area contributed by atoms with Crippen LogP contribution in [-0.4, -0.2) is 42.6 Å². The van der Waals surface area contributed by atoms with Crippen LogP contribution in [0, 0.1) is 0 Å². The summed E-state index contributed by atoms with van der Waals surface area (Å²) >= 11 is 0. The van der Waals surface area contributed by atoms with E-state index in [2.05, 4.69) is 0 Å². The van der Waals surface area contributed by atoms with E-state index in [1.807, 2.05) is 0 Å². The number of aliphatic hydroxyl groups is 1. The molecule has 2 fully saturated rings. The lowest BCUT2D eigenvalue weighted by molar-refractivity contribution is -0.237. The number of fused-ring (bicyclic) bond motifs is 1. The van der Waals surface area contributed by atoms with Gasteiger partial charge in [0.1, 0.15) is 24.4 Å². The van der Waals surface area contributed by atoms with E-state index in [9.17, 15) is 18.3 Å². The highest BCUT2D eigenvalue weighted by atomic mass is 19.4. The van der Waals surface area contributed by atoms with Gasteiger partial charge in [0.25, 0.3) is 0 Å². The highest BCUT2D eigenvalue weighted by Crippen LogP contribution is 2.43. The maximum Gasteiger partial charge on any atom is 0.416 e. The van der Waals surface area contributed by atoms with Gasteiger partial charge in [-0.1, -0.05) is 12.1 Å². The average Bonchev–Trinajstić information content (AvgIpc) is 2.98. The third-order valence-electron chi connectivity index (χ3n) is 4.17. The van der Waals surface area contributed by atoms with Crippen molar-refractivity contribution in [3.8, 4) is 0 Å². The first-order chi connectivity index (χ1) is 11.1. The average molecular weight is 348 g/mol. The Morgan fingerprint density at radius 3 is 2.25 bits per heavy atom. The molecule has 0 aliphatic carbocycles. The lowest BCUT2D eigenvalue weighted by Crippen LogP contribution is -2.34. The van der Waals surface area contributed by atoms with Gasteiger partial charge in [-0.2, -0.15) is 13.2 Å². The van der Waals surface area contributed by atoms with Crippen molar-refractivity contribution in [3.63, 3.8) is 0 Å². The first-order valence-electron chi connectivity index (χ1n) is 7.51. The van der Waals surface area contributed by atoms with Crippen LogP contribution in [0.25, 0.3) is 0 Å². The van der Waals surface area contributed by atoms with Gasteiger partial charge in [0.2, 0.25) is 0 Å². The number of alkyl halides is 3. The molecule has 0 saturated carbocycles. The third kappa shape index (κ3) is 3.16. The van der Waals surface area contributed by atoms with Crippen molar-refractivity contribution < 1.29 is 37.2 Å². The van der Waals surface area contributed by atoms with Crippen LogP contribution in [0.2, 0.25) is 0 Å². The highest BCUT2D eigenvalue weighted by Gasteiger charge is 2.57. The molecular formula is C16H19F3O5. The molecule has 0 radical (unpaired) electrons. The SMILES string of the molecule is COC1O[C@H]([C@@H](O)c2ccc(C(F)(F)F)cc2)[C@H]2OC(C)(C)O[C@@H]12. The smallest absolute Gasteiger partial charge is 0.386 e. The molecule has 0 aromatic heterocycles. The summed E-state index contributed by atoms with van der Waals surface area (Å²) in [6, 6.07) is 4.31. The minimum Gasteiger partial charge on any atom is -0.386 e. The van der Waals surface area contributed by atoms with Crippen LogP contribution < -0.4 is 0 Å². The molecule has 1 N–H and O–H groups in total. The van der Waals surface area contributed by atoms with Gasteiger partial charge < -0.3 is 24.1 Å². The van der Waals surface area contributed by atoms with Crippen LogP contribution in [0.15, 0.2) is 24.3 Å².